The van der Waals surface area contributed by atoms with Crippen molar-refractivity contribution in [2.75, 3.05) is 0 Å². The van der Waals surface area contributed by atoms with Crippen molar-refractivity contribution >= 4 is 11.3 Å². The van der Waals surface area contributed by atoms with Gasteiger partial charge in [0.1, 0.15) is 6.54 Å². The molecule has 0 radical (unpaired) electrons. The van der Waals surface area contributed by atoms with E-state index in [1.165, 1.54) is 21.8 Å². The Labute approximate surface area is 116 Å². The van der Waals surface area contributed by atoms with Gasteiger partial charge in [0.2, 0.25) is 0 Å². The van der Waals surface area contributed by atoms with Crippen LogP contribution in [-0.2, 0) is 6.54 Å². The second kappa shape index (κ2) is 4.37. The smallest absolute Gasteiger partial charge is 0.153 e. The number of quaternary nitrogens is 1. The Balaban J connectivity index is 1.88. The highest BCUT2D eigenvalue weighted by molar-refractivity contribution is 7.10. The molecule has 2 aromatic heterocycles. The Morgan fingerprint density at radius 3 is 2.84 bits per heavy atom. The maximum absolute atomic E-state index is 2.43. The van der Waals surface area contributed by atoms with E-state index in [-0.39, 0.29) is 0 Å². The Kier molecular flexibility index (Phi) is 2.53. The summed E-state index contributed by atoms with van der Waals surface area (Å²) in [7, 11) is 0. The minimum absolute atomic E-state index is 0.385. The zero-order valence-corrected chi connectivity index (χ0v) is 11.3. The average molecular weight is 267 g/mol. The average Bonchev–Trinajstić information content (AvgIpc) is 3.07. The van der Waals surface area contributed by atoms with E-state index in [1.807, 2.05) is 11.3 Å². The lowest BCUT2D eigenvalue weighted by Crippen LogP contribution is -2.83. The van der Waals surface area contributed by atoms with Gasteiger partial charge in [-0.15, -0.1) is 11.3 Å². The molecule has 2 N–H and O–H groups in total. The molecule has 2 nitrogen and oxygen atoms in total. The molecule has 4 rings (SSSR count). The third-order valence-corrected chi connectivity index (χ3v) is 4.71. The van der Waals surface area contributed by atoms with Gasteiger partial charge in [0, 0.05) is 11.8 Å². The maximum Gasteiger partial charge on any atom is 0.153 e. The summed E-state index contributed by atoms with van der Waals surface area (Å²) in [5.74, 6) is 0. The van der Waals surface area contributed by atoms with E-state index in [0.717, 1.165) is 6.54 Å². The van der Waals surface area contributed by atoms with Gasteiger partial charge in [-0.3, -0.25) is 0 Å². The van der Waals surface area contributed by atoms with Crippen LogP contribution in [-0.4, -0.2) is 4.57 Å². The molecular weight excluding hydrogens is 252 g/mol. The van der Waals surface area contributed by atoms with E-state index in [1.54, 1.807) is 0 Å². The molecule has 3 heteroatoms. The molecule has 0 amide bonds. The predicted molar refractivity (Wildman–Crippen MR) is 77.6 cm³/mol. The first-order valence-electron chi connectivity index (χ1n) is 6.56. The van der Waals surface area contributed by atoms with Crippen molar-refractivity contribution in [3.05, 3.63) is 76.2 Å². The first kappa shape index (κ1) is 11.0. The third kappa shape index (κ3) is 1.74. The summed E-state index contributed by atoms with van der Waals surface area (Å²) >= 11 is 1.85. The summed E-state index contributed by atoms with van der Waals surface area (Å²) in [5, 5.41) is 4.62. The predicted octanol–water partition coefficient (Wildman–Crippen LogP) is 2.71. The molecule has 0 spiro atoms. The van der Waals surface area contributed by atoms with Gasteiger partial charge in [0.05, 0.1) is 16.3 Å². The lowest BCUT2D eigenvalue weighted by Gasteiger charge is -2.14. The minimum Gasteiger partial charge on any atom is -0.331 e. The largest absolute Gasteiger partial charge is 0.331 e. The molecule has 19 heavy (non-hydrogen) atoms. The first-order valence-corrected chi connectivity index (χ1v) is 7.44. The molecule has 0 bridgehead atoms. The number of hydrogen-bond donors (Lipinski definition) is 1. The fraction of sp³-hybridized carbons (Fsp3) is 0.125. The van der Waals surface area contributed by atoms with Crippen molar-refractivity contribution in [1.82, 2.24) is 4.57 Å². The van der Waals surface area contributed by atoms with Crippen LogP contribution < -0.4 is 5.32 Å². The number of benzene rings is 1. The Morgan fingerprint density at radius 1 is 1.05 bits per heavy atom. The van der Waals surface area contributed by atoms with Crippen molar-refractivity contribution in [1.29, 1.82) is 0 Å². The molecule has 1 unspecified atom stereocenters. The molecule has 1 aromatic carbocycles. The van der Waals surface area contributed by atoms with Gasteiger partial charge < -0.3 is 9.88 Å². The first-order chi connectivity index (χ1) is 9.43. The van der Waals surface area contributed by atoms with E-state index in [0.29, 0.717) is 6.04 Å². The van der Waals surface area contributed by atoms with Gasteiger partial charge in [0.15, 0.2) is 6.04 Å². The molecule has 1 atom stereocenters. The van der Waals surface area contributed by atoms with E-state index < -0.39 is 0 Å². The molecule has 0 aliphatic carbocycles. The SMILES string of the molecule is c1ccc(C2[NH2+]Cc3sccc3-n3cccc32)cc1. The van der Waals surface area contributed by atoms with Gasteiger partial charge >= 0.3 is 0 Å². The lowest BCUT2D eigenvalue weighted by atomic mass is 10.0. The van der Waals surface area contributed by atoms with Crippen LogP contribution in [0.15, 0.2) is 60.1 Å². The minimum atomic E-state index is 0.385. The van der Waals surface area contributed by atoms with Gasteiger partial charge in [-0.05, 0) is 23.6 Å². The molecular formula is C16H15N2S+. The van der Waals surface area contributed by atoms with Crippen molar-refractivity contribution in [3.8, 4) is 5.69 Å². The molecule has 94 valence electrons. The Bertz CT molecular complexity index is 696. The molecule has 1 aliphatic rings. The molecule has 3 aromatic rings. The van der Waals surface area contributed by atoms with Gasteiger partial charge in [-0.1, -0.05) is 30.3 Å². The number of hydrogen-bond acceptors (Lipinski definition) is 1. The summed E-state index contributed by atoms with van der Waals surface area (Å²) < 4.78 is 2.34. The normalized spacial score (nSPS) is 17.6. The van der Waals surface area contributed by atoms with Crippen LogP contribution in [0.5, 0.6) is 0 Å². The van der Waals surface area contributed by atoms with Crippen LogP contribution in [0.2, 0.25) is 0 Å². The molecule has 1 aliphatic heterocycles. The monoisotopic (exact) mass is 267 g/mol. The van der Waals surface area contributed by atoms with E-state index in [4.69, 9.17) is 0 Å². The number of nitrogens with zero attached hydrogens (tertiary/aromatic N) is 1. The van der Waals surface area contributed by atoms with Crippen LogP contribution >= 0.6 is 11.3 Å². The highest BCUT2D eigenvalue weighted by Gasteiger charge is 2.26. The van der Waals surface area contributed by atoms with E-state index >= 15 is 0 Å². The summed E-state index contributed by atoms with van der Waals surface area (Å²) in [4.78, 5) is 1.45. The number of aromatic nitrogens is 1. The molecule has 0 saturated heterocycles. The molecule has 3 heterocycles. The summed E-state index contributed by atoms with van der Waals surface area (Å²) in [6, 6.07) is 17.8. The van der Waals surface area contributed by atoms with Crippen molar-refractivity contribution < 1.29 is 5.32 Å². The highest BCUT2D eigenvalue weighted by atomic mass is 32.1. The molecule has 0 saturated carbocycles. The summed E-state index contributed by atoms with van der Waals surface area (Å²) in [6.45, 7) is 1.05. The molecule has 0 fully saturated rings. The zero-order chi connectivity index (χ0) is 12.7. The number of rotatable bonds is 1. The van der Waals surface area contributed by atoms with Crippen LogP contribution in [0.1, 0.15) is 22.2 Å². The fourth-order valence-corrected chi connectivity index (χ4v) is 3.72. The van der Waals surface area contributed by atoms with Crippen molar-refractivity contribution in [2.24, 2.45) is 0 Å². The van der Waals surface area contributed by atoms with Gasteiger partial charge in [0.25, 0.3) is 0 Å². The number of fused-ring (bicyclic) bond motifs is 3. The van der Waals surface area contributed by atoms with Crippen LogP contribution in [0.3, 0.4) is 0 Å². The highest BCUT2D eigenvalue weighted by Crippen LogP contribution is 2.29. The van der Waals surface area contributed by atoms with Crippen LogP contribution in [0.25, 0.3) is 5.69 Å². The Morgan fingerprint density at radius 2 is 1.95 bits per heavy atom. The second-order valence-corrected chi connectivity index (χ2v) is 5.86. The standard InChI is InChI=1S/C16H14N2S/c1-2-5-12(6-3-1)16-14-7-4-9-18(14)13-8-10-19-15(13)11-17-16/h1-10,16-17H,11H2/p+1. The number of thiophene rings is 1. The third-order valence-electron chi connectivity index (χ3n) is 3.78. The summed E-state index contributed by atoms with van der Waals surface area (Å²) in [5.41, 5.74) is 4.08. The fourth-order valence-electron chi connectivity index (χ4n) is 2.88. The van der Waals surface area contributed by atoms with Crippen molar-refractivity contribution in [2.45, 2.75) is 12.6 Å². The quantitative estimate of drug-likeness (QED) is 0.700. The van der Waals surface area contributed by atoms with Crippen LogP contribution in [0, 0.1) is 0 Å². The van der Waals surface area contributed by atoms with Gasteiger partial charge in [-0.2, -0.15) is 0 Å². The van der Waals surface area contributed by atoms with E-state index in [2.05, 4.69) is 70.0 Å². The second-order valence-electron chi connectivity index (χ2n) is 4.86. The number of nitrogens with two attached hydrogens (primary N) is 1. The van der Waals surface area contributed by atoms with Crippen molar-refractivity contribution in [3.63, 3.8) is 0 Å². The van der Waals surface area contributed by atoms with Crippen LogP contribution in [0.4, 0.5) is 0 Å². The van der Waals surface area contributed by atoms with Gasteiger partial charge in [-0.25, -0.2) is 0 Å². The Hall–Kier alpha value is -1.84. The lowest BCUT2D eigenvalue weighted by molar-refractivity contribution is -0.701. The maximum atomic E-state index is 2.43. The van der Waals surface area contributed by atoms with E-state index in [9.17, 15) is 0 Å². The summed E-state index contributed by atoms with van der Waals surface area (Å²) in [6.07, 6.45) is 2.18. The zero-order valence-electron chi connectivity index (χ0n) is 10.5. The topological polar surface area (TPSA) is 21.5 Å².